The maximum Gasteiger partial charge on any atom is 0.416 e. The number of carbonyl (C=O) groups excluding carboxylic acids is 1. The molecule has 10 heteroatoms. The summed E-state index contributed by atoms with van der Waals surface area (Å²) in [6, 6.07) is 3.68. The van der Waals surface area contributed by atoms with Crippen LogP contribution in [0.15, 0.2) is 36.7 Å². The summed E-state index contributed by atoms with van der Waals surface area (Å²) in [4.78, 5) is 31.9. The molecule has 4 atom stereocenters. The molecule has 2 aliphatic carbocycles. The van der Waals surface area contributed by atoms with E-state index in [1.54, 1.807) is 6.20 Å². The van der Waals surface area contributed by atoms with Gasteiger partial charge in [0.1, 0.15) is 0 Å². The van der Waals surface area contributed by atoms with Gasteiger partial charge >= 0.3 is 18.2 Å². The second-order valence-corrected chi connectivity index (χ2v) is 9.29. The quantitative estimate of drug-likeness (QED) is 0.497. The highest BCUT2D eigenvalue weighted by Gasteiger charge is 2.37. The fourth-order valence-corrected chi connectivity index (χ4v) is 5.35. The van der Waals surface area contributed by atoms with E-state index < -0.39 is 23.7 Å². The first-order valence-corrected chi connectivity index (χ1v) is 11.5. The molecule has 2 aromatic rings. The van der Waals surface area contributed by atoms with Crippen molar-refractivity contribution in [2.45, 2.75) is 57.0 Å². The SMILES string of the molecule is O=C(O)CC1CCC2CC(c3cnc(NC(=O)Nc4cccc(C(F)(F)F)c4)cn3)CCC2C1. The number of aliphatic carboxylic acids is 1. The molecule has 0 radical (unpaired) electrons. The predicted molar refractivity (Wildman–Crippen MR) is 119 cm³/mol. The van der Waals surface area contributed by atoms with Gasteiger partial charge in [0.15, 0.2) is 5.82 Å². The number of fused-ring (bicyclic) bond motifs is 1. The summed E-state index contributed by atoms with van der Waals surface area (Å²) >= 11 is 0. The van der Waals surface area contributed by atoms with E-state index >= 15 is 0 Å². The number of benzene rings is 1. The molecule has 182 valence electrons. The second kappa shape index (κ2) is 9.99. The number of urea groups is 1. The summed E-state index contributed by atoms with van der Waals surface area (Å²) in [5, 5.41) is 13.9. The Labute approximate surface area is 195 Å². The normalized spacial score (nSPS) is 24.7. The summed E-state index contributed by atoms with van der Waals surface area (Å²) in [6.45, 7) is 0. The Balaban J connectivity index is 1.30. The lowest BCUT2D eigenvalue weighted by Crippen LogP contribution is -2.31. The lowest BCUT2D eigenvalue weighted by Gasteiger charge is -2.41. The Hall–Kier alpha value is -3.17. The molecular weight excluding hydrogens is 449 g/mol. The largest absolute Gasteiger partial charge is 0.481 e. The van der Waals surface area contributed by atoms with E-state index in [9.17, 15) is 22.8 Å². The van der Waals surface area contributed by atoms with Crippen LogP contribution < -0.4 is 10.6 Å². The van der Waals surface area contributed by atoms with Gasteiger partial charge in [0.25, 0.3) is 0 Å². The van der Waals surface area contributed by atoms with Gasteiger partial charge < -0.3 is 10.4 Å². The van der Waals surface area contributed by atoms with Gasteiger partial charge in [-0.1, -0.05) is 6.07 Å². The number of aromatic nitrogens is 2. The molecule has 2 saturated carbocycles. The topological polar surface area (TPSA) is 104 Å². The lowest BCUT2D eigenvalue weighted by atomic mass is 9.64. The Morgan fingerprint density at radius 3 is 2.47 bits per heavy atom. The van der Waals surface area contributed by atoms with Crippen LogP contribution in [0.1, 0.15) is 62.1 Å². The van der Waals surface area contributed by atoms with E-state index in [1.807, 2.05) is 0 Å². The van der Waals surface area contributed by atoms with Crippen LogP contribution in [-0.4, -0.2) is 27.1 Å². The van der Waals surface area contributed by atoms with Gasteiger partial charge in [-0.05, 0) is 74.5 Å². The van der Waals surface area contributed by atoms with Crippen molar-refractivity contribution in [3.63, 3.8) is 0 Å². The van der Waals surface area contributed by atoms with Crippen LogP contribution in [-0.2, 0) is 11.0 Å². The minimum absolute atomic E-state index is 0.0201. The van der Waals surface area contributed by atoms with Gasteiger partial charge in [0.05, 0.1) is 23.7 Å². The van der Waals surface area contributed by atoms with E-state index in [-0.39, 0.29) is 29.8 Å². The maximum atomic E-state index is 12.8. The Kier molecular flexibility index (Phi) is 7.04. The number of anilines is 2. The third kappa shape index (κ3) is 6.03. The fraction of sp³-hybridized carbons (Fsp3) is 0.500. The predicted octanol–water partition coefficient (Wildman–Crippen LogP) is 5.91. The number of amides is 2. The van der Waals surface area contributed by atoms with Gasteiger partial charge in [-0.15, -0.1) is 0 Å². The molecule has 2 aliphatic rings. The highest BCUT2D eigenvalue weighted by molar-refractivity contribution is 5.99. The lowest BCUT2D eigenvalue weighted by molar-refractivity contribution is -0.139. The number of halogens is 3. The molecule has 1 aromatic carbocycles. The molecule has 0 spiro atoms. The first kappa shape index (κ1) is 24.0. The Bertz CT molecular complexity index is 1030. The molecule has 0 bridgehead atoms. The summed E-state index contributed by atoms with van der Waals surface area (Å²) in [5.41, 5.74) is 0.0289. The number of carbonyl (C=O) groups is 2. The van der Waals surface area contributed by atoms with Crippen molar-refractivity contribution >= 4 is 23.5 Å². The van der Waals surface area contributed by atoms with Gasteiger partial charge in [0.2, 0.25) is 0 Å². The number of alkyl halides is 3. The number of nitrogens with zero attached hydrogens (tertiary/aromatic N) is 2. The van der Waals surface area contributed by atoms with E-state index in [0.29, 0.717) is 11.8 Å². The molecule has 0 aliphatic heterocycles. The van der Waals surface area contributed by atoms with Gasteiger partial charge in [0, 0.05) is 18.0 Å². The molecule has 2 fully saturated rings. The van der Waals surface area contributed by atoms with Crippen LogP contribution in [0.2, 0.25) is 0 Å². The van der Waals surface area contributed by atoms with Crippen LogP contribution in [0.25, 0.3) is 0 Å². The van der Waals surface area contributed by atoms with Crippen molar-refractivity contribution in [1.29, 1.82) is 0 Å². The smallest absolute Gasteiger partial charge is 0.416 e. The average Bonchev–Trinajstić information content (AvgIpc) is 2.78. The zero-order valence-electron chi connectivity index (χ0n) is 18.5. The van der Waals surface area contributed by atoms with Crippen molar-refractivity contribution in [2.75, 3.05) is 10.6 Å². The maximum absolute atomic E-state index is 12.8. The van der Waals surface area contributed by atoms with E-state index in [4.69, 9.17) is 5.11 Å². The first-order chi connectivity index (χ1) is 16.2. The van der Waals surface area contributed by atoms with Gasteiger partial charge in [-0.2, -0.15) is 13.2 Å². The first-order valence-electron chi connectivity index (χ1n) is 11.5. The van der Waals surface area contributed by atoms with E-state index in [0.717, 1.165) is 56.4 Å². The molecule has 34 heavy (non-hydrogen) atoms. The summed E-state index contributed by atoms with van der Waals surface area (Å²) in [7, 11) is 0. The summed E-state index contributed by atoms with van der Waals surface area (Å²) in [6.07, 6.45) is 4.86. The zero-order chi connectivity index (χ0) is 24.3. The summed E-state index contributed by atoms with van der Waals surface area (Å²) in [5.74, 6) is 1.19. The average molecular weight is 476 g/mol. The van der Waals surface area contributed by atoms with Crippen LogP contribution in [0.5, 0.6) is 0 Å². The number of hydrogen-bond acceptors (Lipinski definition) is 4. The third-order valence-corrected chi connectivity index (χ3v) is 6.96. The van der Waals surface area contributed by atoms with Crippen LogP contribution >= 0.6 is 0 Å². The van der Waals surface area contributed by atoms with Gasteiger partial charge in [-0.3, -0.25) is 15.1 Å². The molecule has 1 aromatic heterocycles. The molecule has 0 saturated heterocycles. The molecule has 7 nitrogen and oxygen atoms in total. The zero-order valence-corrected chi connectivity index (χ0v) is 18.5. The van der Waals surface area contributed by atoms with Gasteiger partial charge in [-0.25, -0.2) is 9.78 Å². The summed E-state index contributed by atoms with van der Waals surface area (Å²) < 4.78 is 38.5. The molecule has 4 unspecified atom stereocenters. The van der Waals surface area contributed by atoms with Crippen LogP contribution in [0.3, 0.4) is 0 Å². The molecule has 3 N–H and O–H groups in total. The molecule has 4 rings (SSSR count). The van der Waals surface area contributed by atoms with Crippen LogP contribution in [0, 0.1) is 17.8 Å². The number of carboxylic acid groups (broad SMARTS) is 1. The van der Waals surface area contributed by atoms with Crippen molar-refractivity contribution in [1.82, 2.24) is 9.97 Å². The second-order valence-electron chi connectivity index (χ2n) is 9.29. The minimum Gasteiger partial charge on any atom is -0.481 e. The number of hydrogen-bond donors (Lipinski definition) is 3. The fourth-order valence-electron chi connectivity index (χ4n) is 5.35. The third-order valence-electron chi connectivity index (χ3n) is 6.96. The highest BCUT2D eigenvalue weighted by atomic mass is 19.4. The van der Waals surface area contributed by atoms with E-state index in [1.165, 1.54) is 18.3 Å². The highest BCUT2D eigenvalue weighted by Crippen LogP contribution is 2.47. The minimum atomic E-state index is -4.49. The standard InChI is InChI=1S/C24H27F3N4O3/c25-24(26,27)18-2-1-3-19(11-18)30-23(34)31-21-13-28-20(12-29-21)17-7-6-15-8-14(9-22(32)33)4-5-16(15)10-17/h1-3,11-17H,4-10H2,(H,32,33)(H2,29,30,31,34). The van der Waals surface area contributed by atoms with E-state index in [2.05, 4.69) is 20.6 Å². The molecular formula is C24H27F3N4O3. The Morgan fingerprint density at radius 1 is 1.00 bits per heavy atom. The van der Waals surface area contributed by atoms with Crippen LogP contribution in [0.4, 0.5) is 29.5 Å². The van der Waals surface area contributed by atoms with Crippen molar-refractivity contribution in [3.8, 4) is 0 Å². The monoisotopic (exact) mass is 476 g/mol. The Morgan fingerprint density at radius 2 is 1.76 bits per heavy atom. The molecule has 2 amide bonds. The van der Waals surface area contributed by atoms with Crippen molar-refractivity contribution < 1.29 is 27.9 Å². The van der Waals surface area contributed by atoms with Crippen molar-refractivity contribution in [3.05, 3.63) is 47.9 Å². The van der Waals surface area contributed by atoms with Crippen molar-refractivity contribution in [2.24, 2.45) is 17.8 Å². The number of rotatable bonds is 5. The number of carboxylic acids is 1. The number of nitrogens with one attached hydrogen (secondary N) is 2. The molecule has 1 heterocycles.